The van der Waals surface area contributed by atoms with Crippen LogP contribution in [0.3, 0.4) is 0 Å². The Hall–Kier alpha value is -2.36. The highest BCUT2D eigenvalue weighted by atomic mass is 16.4. The van der Waals surface area contributed by atoms with Crippen LogP contribution in [0.25, 0.3) is 10.9 Å². The number of hydrogen-bond acceptors (Lipinski definition) is 3. The molecule has 0 radical (unpaired) electrons. The molecule has 2 aromatic rings. The molecule has 134 valence electrons. The quantitative estimate of drug-likeness (QED) is 0.585. The van der Waals surface area contributed by atoms with E-state index >= 15 is 0 Å². The smallest absolute Gasteiger partial charge is 0.331 e. The van der Waals surface area contributed by atoms with Gasteiger partial charge in [-0.05, 0) is 50.7 Å². The number of allylic oxidation sites excluding steroid dienone is 1. The number of para-hydroxylation sites is 1. The van der Waals surface area contributed by atoms with Gasteiger partial charge in [0.25, 0.3) is 0 Å². The van der Waals surface area contributed by atoms with Gasteiger partial charge in [-0.1, -0.05) is 44.0 Å². The monoisotopic (exact) mass is 340 g/mol. The number of aryl methyl sites for hydroxylation is 1. The first-order chi connectivity index (χ1) is 12.1. The van der Waals surface area contributed by atoms with Crippen LogP contribution >= 0.6 is 0 Å². The van der Waals surface area contributed by atoms with Crippen molar-refractivity contribution in [3.05, 3.63) is 47.7 Å². The van der Waals surface area contributed by atoms with Crippen molar-refractivity contribution in [2.45, 2.75) is 58.3 Å². The van der Waals surface area contributed by atoms with Gasteiger partial charge in [-0.25, -0.2) is 4.79 Å². The van der Waals surface area contributed by atoms with Gasteiger partial charge in [0, 0.05) is 16.7 Å². The Kier molecular flexibility index (Phi) is 7.45. The number of anilines is 1. The number of benzene rings is 1. The molecule has 0 atom stereocenters. The molecule has 0 bridgehead atoms. The molecule has 0 fully saturated rings. The average Bonchev–Trinajstić information content (AvgIpc) is 2.64. The minimum absolute atomic E-state index is 0.598. The Bertz CT molecular complexity index is 738. The fourth-order valence-electron chi connectivity index (χ4n) is 2.94. The maximum absolute atomic E-state index is 10.3. The summed E-state index contributed by atoms with van der Waals surface area (Å²) >= 11 is 0. The predicted octanol–water partition coefficient (Wildman–Crippen LogP) is 5.12. The minimum Gasteiger partial charge on any atom is -0.478 e. The van der Waals surface area contributed by atoms with E-state index in [0.29, 0.717) is 5.57 Å². The van der Waals surface area contributed by atoms with Crippen LogP contribution in [0, 0.1) is 0 Å². The minimum atomic E-state index is -0.741. The van der Waals surface area contributed by atoms with Gasteiger partial charge >= 0.3 is 5.97 Å². The first kappa shape index (κ1) is 19.0. The predicted molar refractivity (Wildman–Crippen MR) is 104 cm³/mol. The average molecular weight is 340 g/mol. The van der Waals surface area contributed by atoms with E-state index in [-0.39, 0.29) is 0 Å². The molecule has 3 rings (SSSR count). The van der Waals surface area contributed by atoms with Crippen LogP contribution in [0.2, 0.25) is 0 Å². The molecule has 1 aliphatic carbocycles. The third kappa shape index (κ3) is 5.89. The molecule has 4 heteroatoms. The number of fused-ring (bicyclic) bond motifs is 1. The van der Waals surface area contributed by atoms with Gasteiger partial charge in [-0.15, -0.1) is 0 Å². The van der Waals surface area contributed by atoms with Gasteiger partial charge < -0.3 is 10.8 Å². The molecule has 25 heavy (non-hydrogen) atoms. The molecule has 0 amide bonds. The summed E-state index contributed by atoms with van der Waals surface area (Å²) < 4.78 is 0. The van der Waals surface area contributed by atoms with Crippen LogP contribution in [0.1, 0.15) is 57.6 Å². The maximum Gasteiger partial charge on any atom is 0.331 e. The second-order valence-corrected chi connectivity index (χ2v) is 6.46. The fourth-order valence-corrected chi connectivity index (χ4v) is 2.94. The Balaban J connectivity index is 0.000000212. The number of hydrogen-bond donors (Lipinski definition) is 2. The molecule has 3 N–H and O–H groups in total. The van der Waals surface area contributed by atoms with E-state index in [4.69, 9.17) is 10.8 Å². The molecule has 1 aromatic carbocycles. The van der Waals surface area contributed by atoms with E-state index in [1.165, 1.54) is 19.3 Å². The third-order valence-corrected chi connectivity index (χ3v) is 4.41. The number of unbranched alkanes of at least 4 members (excludes halogenated alkanes) is 2. The van der Waals surface area contributed by atoms with Gasteiger partial charge in [0.05, 0.1) is 11.2 Å². The van der Waals surface area contributed by atoms with E-state index in [2.05, 4.69) is 30.1 Å². The van der Waals surface area contributed by atoms with E-state index in [1.54, 1.807) is 0 Å². The summed E-state index contributed by atoms with van der Waals surface area (Å²) in [4.78, 5) is 14.9. The van der Waals surface area contributed by atoms with Crippen LogP contribution in [-0.2, 0) is 11.2 Å². The van der Waals surface area contributed by atoms with E-state index in [1.807, 2.05) is 18.2 Å². The number of nitrogen functional groups attached to an aromatic ring is 1. The summed E-state index contributed by atoms with van der Waals surface area (Å²) in [5.41, 5.74) is 9.38. The van der Waals surface area contributed by atoms with Crippen LogP contribution in [0.5, 0.6) is 0 Å². The highest BCUT2D eigenvalue weighted by Crippen LogP contribution is 2.19. The van der Waals surface area contributed by atoms with Gasteiger partial charge in [-0.3, -0.25) is 4.98 Å². The SMILES string of the molecule is CCCCCc1ccc2cccc(N)c2n1.O=C(O)C1=CCCCC1. The van der Waals surface area contributed by atoms with Crippen LogP contribution in [0.15, 0.2) is 42.0 Å². The number of nitrogens with two attached hydrogens (primary N) is 1. The molecule has 0 saturated heterocycles. The number of carboxylic acid groups (broad SMARTS) is 1. The highest BCUT2D eigenvalue weighted by molar-refractivity contribution is 5.89. The molecular formula is C21H28N2O2. The lowest BCUT2D eigenvalue weighted by atomic mass is 10.0. The van der Waals surface area contributed by atoms with Crippen molar-refractivity contribution >= 4 is 22.6 Å². The zero-order valence-corrected chi connectivity index (χ0v) is 15.0. The molecule has 4 nitrogen and oxygen atoms in total. The standard InChI is InChI=1S/C14H18N2.C7H10O2/c1-2-3-4-7-12-10-9-11-6-5-8-13(15)14(11)16-12;8-7(9)6-4-2-1-3-5-6/h5-6,8-10H,2-4,7,15H2,1H3;4H,1-3,5H2,(H,8,9). The summed E-state index contributed by atoms with van der Waals surface area (Å²) in [7, 11) is 0. The van der Waals surface area contributed by atoms with Crippen molar-refractivity contribution in [1.82, 2.24) is 4.98 Å². The van der Waals surface area contributed by atoms with E-state index in [9.17, 15) is 4.79 Å². The van der Waals surface area contributed by atoms with Gasteiger partial charge in [0.15, 0.2) is 0 Å². The van der Waals surface area contributed by atoms with Crippen molar-refractivity contribution in [3.63, 3.8) is 0 Å². The summed E-state index contributed by atoms with van der Waals surface area (Å²) in [5, 5.41) is 9.59. The molecule has 0 aliphatic heterocycles. The number of pyridine rings is 1. The third-order valence-electron chi connectivity index (χ3n) is 4.41. The summed E-state index contributed by atoms with van der Waals surface area (Å²) in [6, 6.07) is 10.1. The fraction of sp³-hybridized carbons (Fsp3) is 0.429. The zero-order chi connectivity index (χ0) is 18.1. The number of carbonyl (C=O) groups is 1. The normalized spacial score (nSPS) is 13.7. The van der Waals surface area contributed by atoms with E-state index < -0.39 is 5.97 Å². The van der Waals surface area contributed by atoms with Gasteiger partial charge in [0.1, 0.15) is 0 Å². The summed E-state index contributed by atoms with van der Waals surface area (Å²) in [5.74, 6) is -0.741. The second-order valence-electron chi connectivity index (χ2n) is 6.46. The Morgan fingerprint density at radius 3 is 2.68 bits per heavy atom. The number of nitrogens with zero attached hydrogens (tertiary/aromatic N) is 1. The first-order valence-corrected chi connectivity index (χ1v) is 9.18. The van der Waals surface area contributed by atoms with Crippen molar-refractivity contribution in [3.8, 4) is 0 Å². The second kappa shape index (κ2) is 9.82. The van der Waals surface area contributed by atoms with Gasteiger partial charge in [0.2, 0.25) is 0 Å². The molecule has 0 saturated carbocycles. The van der Waals surface area contributed by atoms with Crippen LogP contribution in [-0.4, -0.2) is 16.1 Å². The lowest BCUT2D eigenvalue weighted by Crippen LogP contribution is -2.03. The van der Waals surface area contributed by atoms with Gasteiger partial charge in [-0.2, -0.15) is 0 Å². The molecule has 0 spiro atoms. The topological polar surface area (TPSA) is 76.2 Å². The van der Waals surface area contributed by atoms with E-state index in [0.717, 1.165) is 54.4 Å². The van der Waals surface area contributed by atoms with Crippen molar-refractivity contribution < 1.29 is 9.90 Å². The van der Waals surface area contributed by atoms with Crippen LogP contribution < -0.4 is 5.73 Å². The molecular weight excluding hydrogens is 312 g/mol. The Morgan fingerprint density at radius 2 is 2.04 bits per heavy atom. The lowest BCUT2D eigenvalue weighted by Gasteiger charge is -2.06. The molecule has 0 unspecified atom stereocenters. The number of aliphatic carboxylic acids is 1. The Labute approximate surface area is 149 Å². The number of carboxylic acids is 1. The molecule has 1 aromatic heterocycles. The van der Waals surface area contributed by atoms with Crippen molar-refractivity contribution in [1.29, 1.82) is 0 Å². The summed E-state index contributed by atoms with van der Waals surface area (Å²) in [6.45, 7) is 2.21. The van der Waals surface area contributed by atoms with Crippen molar-refractivity contribution in [2.24, 2.45) is 0 Å². The Morgan fingerprint density at radius 1 is 1.20 bits per heavy atom. The lowest BCUT2D eigenvalue weighted by molar-refractivity contribution is -0.132. The zero-order valence-electron chi connectivity index (χ0n) is 15.0. The van der Waals surface area contributed by atoms with Crippen LogP contribution in [0.4, 0.5) is 5.69 Å². The largest absolute Gasteiger partial charge is 0.478 e. The number of aromatic nitrogens is 1. The number of rotatable bonds is 5. The molecule has 1 heterocycles. The first-order valence-electron chi connectivity index (χ1n) is 9.18. The maximum atomic E-state index is 10.3. The van der Waals surface area contributed by atoms with Crippen molar-refractivity contribution in [2.75, 3.05) is 5.73 Å². The molecule has 1 aliphatic rings. The summed E-state index contributed by atoms with van der Waals surface area (Å²) in [6.07, 6.45) is 10.5. The highest BCUT2D eigenvalue weighted by Gasteiger charge is 2.09.